The smallest absolute Gasteiger partial charge is 0.343 e. The van der Waals surface area contributed by atoms with Gasteiger partial charge in [-0.3, -0.25) is 0 Å². The first-order chi connectivity index (χ1) is 11.5. The van der Waals surface area contributed by atoms with Crippen molar-refractivity contribution in [3.63, 3.8) is 0 Å². The highest BCUT2D eigenvalue weighted by Crippen LogP contribution is 2.24. The van der Waals surface area contributed by atoms with Crippen molar-refractivity contribution in [1.29, 1.82) is 0 Å². The van der Waals surface area contributed by atoms with Gasteiger partial charge in [0.2, 0.25) is 0 Å². The van der Waals surface area contributed by atoms with Crippen molar-refractivity contribution >= 4 is 23.5 Å². The number of esters is 1. The van der Waals surface area contributed by atoms with Crippen LogP contribution in [0.5, 0.6) is 11.5 Å². The first kappa shape index (κ1) is 17.8. The number of carboxylic acids is 1. The molecule has 24 heavy (non-hydrogen) atoms. The third-order valence-electron chi connectivity index (χ3n) is 3.02. The quantitative estimate of drug-likeness (QED) is 0.469. The molecule has 2 rings (SSSR count). The number of aromatic carboxylic acids is 1. The maximum Gasteiger partial charge on any atom is 0.343 e. The molecule has 0 unspecified atom stereocenters. The average molecular weight is 351 g/mol. The molecule has 2 aromatic carbocycles. The normalized spacial score (nSPS) is 10.2. The van der Waals surface area contributed by atoms with Crippen molar-refractivity contribution in [2.45, 2.75) is 0 Å². The van der Waals surface area contributed by atoms with Gasteiger partial charge in [-0.1, -0.05) is 11.6 Å². The average Bonchev–Trinajstić information content (AvgIpc) is 2.57. The van der Waals surface area contributed by atoms with Crippen molar-refractivity contribution in [3.05, 3.63) is 58.6 Å². The lowest BCUT2D eigenvalue weighted by molar-refractivity contribution is 0.0681. The van der Waals surface area contributed by atoms with E-state index in [1.165, 1.54) is 30.3 Å². The molecule has 0 aliphatic rings. The zero-order chi connectivity index (χ0) is 17.5. The SMILES string of the molecule is COCCOc1ccc(C(=O)Oc2ccc(Cl)cc2C(=O)O)cc1. The summed E-state index contributed by atoms with van der Waals surface area (Å²) in [6, 6.07) is 10.3. The molecule has 0 radical (unpaired) electrons. The van der Waals surface area contributed by atoms with Crippen LogP contribution >= 0.6 is 11.6 Å². The minimum absolute atomic E-state index is 0.0719. The lowest BCUT2D eigenvalue weighted by Gasteiger charge is -2.09. The maximum atomic E-state index is 12.1. The predicted molar refractivity (Wildman–Crippen MR) is 87.2 cm³/mol. The number of hydrogen-bond donors (Lipinski definition) is 1. The lowest BCUT2D eigenvalue weighted by atomic mass is 10.2. The van der Waals surface area contributed by atoms with Gasteiger partial charge in [-0.15, -0.1) is 0 Å². The molecule has 0 bridgehead atoms. The summed E-state index contributed by atoms with van der Waals surface area (Å²) in [4.78, 5) is 23.3. The molecule has 1 N–H and O–H groups in total. The Morgan fingerprint density at radius 2 is 1.79 bits per heavy atom. The van der Waals surface area contributed by atoms with Gasteiger partial charge in [0, 0.05) is 12.1 Å². The topological polar surface area (TPSA) is 82.1 Å². The van der Waals surface area contributed by atoms with E-state index in [0.29, 0.717) is 19.0 Å². The van der Waals surface area contributed by atoms with E-state index in [1.807, 2.05) is 0 Å². The molecule has 0 atom stereocenters. The summed E-state index contributed by atoms with van der Waals surface area (Å²) in [5.41, 5.74) is 0.0794. The van der Waals surface area contributed by atoms with Gasteiger partial charge in [-0.25, -0.2) is 9.59 Å². The van der Waals surface area contributed by atoms with Crippen LogP contribution in [0.3, 0.4) is 0 Å². The van der Waals surface area contributed by atoms with Gasteiger partial charge in [0.25, 0.3) is 0 Å². The zero-order valence-corrected chi connectivity index (χ0v) is 13.6. The fourth-order valence-electron chi connectivity index (χ4n) is 1.85. The van der Waals surface area contributed by atoms with Gasteiger partial charge >= 0.3 is 11.9 Å². The molecule has 7 heteroatoms. The second-order valence-corrected chi connectivity index (χ2v) is 5.14. The van der Waals surface area contributed by atoms with E-state index in [1.54, 1.807) is 19.2 Å². The molecule has 0 amide bonds. The Balaban J connectivity index is 2.09. The van der Waals surface area contributed by atoms with Gasteiger partial charge in [-0.2, -0.15) is 0 Å². The zero-order valence-electron chi connectivity index (χ0n) is 12.8. The van der Waals surface area contributed by atoms with Crippen LogP contribution in [-0.4, -0.2) is 37.4 Å². The summed E-state index contributed by atoms with van der Waals surface area (Å²) in [7, 11) is 1.57. The van der Waals surface area contributed by atoms with E-state index in [0.717, 1.165) is 0 Å². The number of ether oxygens (including phenoxy) is 3. The molecular weight excluding hydrogens is 336 g/mol. The number of rotatable bonds is 7. The minimum atomic E-state index is -1.23. The molecule has 0 saturated carbocycles. The number of benzene rings is 2. The highest BCUT2D eigenvalue weighted by molar-refractivity contribution is 6.31. The molecule has 0 aliphatic heterocycles. The molecule has 2 aromatic rings. The fourth-order valence-corrected chi connectivity index (χ4v) is 2.02. The van der Waals surface area contributed by atoms with Crippen LogP contribution in [0.1, 0.15) is 20.7 Å². The Labute approximate surface area is 143 Å². The van der Waals surface area contributed by atoms with Crippen molar-refractivity contribution in [2.24, 2.45) is 0 Å². The number of carbonyl (C=O) groups is 2. The second kappa shape index (κ2) is 8.33. The van der Waals surface area contributed by atoms with E-state index in [2.05, 4.69) is 0 Å². The Kier molecular flexibility index (Phi) is 6.17. The standard InChI is InChI=1S/C17H15ClO6/c1-22-8-9-23-13-5-2-11(3-6-13)17(21)24-15-7-4-12(18)10-14(15)16(19)20/h2-7,10H,8-9H2,1H3,(H,19,20). The number of hydrogen-bond acceptors (Lipinski definition) is 5. The Bertz CT molecular complexity index is 726. The van der Waals surface area contributed by atoms with E-state index >= 15 is 0 Å². The van der Waals surface area contributed by atoms with E-state index < -0.39 is 11.9 Å². The number of carbonyl (C=O) groups excluding carboxylic acids is 1. The second-order valence-electron chi connectivity index (χ2n) is 4.70. The molecule has 0 aromatic heterocycles. The number of halogens is 1. The van der Waals surface area contributed by atoms with Crippen molar-refractivity contribution in [3.8, 4) is 11.5 Å². The molecule has 0 heterocycles. The Morgan fingerprint density at radius 3 is 2.42 bits per heavy atom. The third kappa shape index (κ3) is 4.71. The third-order valence-corrected chi connectivity index (χ3v) is 3.26. The summed E-state index contributed by atoms with van der Waals surface area (Å²) in [5.74, 6) is -1.40. The van der Waals surface area contributed by atoms with Crippen LogP contribution in [0.15, 0.2) is 42.5 Å². The van der Waals surface area contributed by atoms with Crippen LogP contribution < -0.4 is 9.47 Å². The fraction of sp³-hybridized carbons (Fsp3) is 0.176. The Hall–Kier alpha value is -2.57. The van der Waals surface area contributed by atoms with Crippen molar-refractivity contribution in [1.82, 2.24) is 0 Å². The molecular formula is C17H15ClO6. The summed E-state index contributed by atoms with van der Waals surface area (Å²) in [6.45, 7) is 0.853. The first-order valence-electron chi connectivity index (χ1n) is 6.98. The van der Waals surface area contributed by atoms with Gasteiger partial charge in [0.15, 0.2) is 0 Å². The molecule has 0 spiro atoms. The van der Waals surface area contributed by atoms with Crippen LogP contribution in [-0.2, 0) is 4.74 Å². The largest absolute Gasteiger partial charge is 0.491 e. The highest BCUT2D eigenvalue weighted by atomic mass is 35.5. The van der Waals surface area contributed by atoms with Crippen LogP contribution in [0.25, 0.3) is 0 Å². The van der Waals surface area contributed by atoms with Crippen molar-refractivity contribution < 1.29 is 28.9 Å². The summed E-state index contributed by atoms with van der Waals surface area (Å²) >= 11 is 5.76. The molecule has 0 fully saturated rings. The lowest BCUT2D eigenvalue weighted by Crippen LogP contribution is -2.11. The molecule has 0 saturated heterocycles. The van der Waals surface area contributed by atoms with E-state index in [4.69, 9.17) is 30.9 Å². The van der Waals surface area contributed by atoms with Crippen LogP contribution in [0, 0.1) is 0 Å². The monoisotopic (exact) mass is 350 g/mol. The van der Waals surface area contributed by atoms with Crippen LogP contribution in [0.4, 0.5) is 0 Å². The predicted octanol–water partition coefficient (Wildman–Crippen LogP) is 3.28. The van der Waals surface area contributed by atoms with Gasteiger partial charge < -0.3 is 19.3 Å². The Morgan fingerprint density at radius 1 is 1.08 bits per heavy atom. The van der Waals surface area contributed by atoms with Gasteiger partial charge in [0.05, 0.1) is 12.2 Å². The number of carboxylic acid groups (broad SMARTS) is 1. The van der Waals surface area contributed by atoms with E-state index in [-0.39, 0.29) is 21.9 Å². The first-order valence-corrected chi connectivity index (χ1v) is 7.36. The highest BCUT2D eigenvalue weighted by Gasteiger charge is 2.16. The summed E-state index contributed by atoms with van der Waals surface area (Å²) in [6.07, 6.45) is 0. The van der Waals surface area contributed by atoms with E-state index in [9.17, 15) is 9.59 Å². The molecule has 6 nitrogen and oxygen atoms in total. The van der Waals surface area contributed by atoms with Crippen LogP contribution in [0.2, 0.25) is 5.02 Å². The molecule has 0 aliphatic carbocycles. The number of methoxy groups -OCH3 is 1. The van der Waals surface area contributed by atoms with Gasteiger partial charge in [-0.05, 0) is 42.5 Å². The minimum Gasteiger partial charge on any atom is -0.491 e. The maximum absolute atomic E-state index is 12.1. The summed E-state index contributed by atoms with van der Waals surface area (Å²) < 4.78 is 15.4. The summed E-state index contributed by atoms with van der Waals surface area (Å²) in [5, 5.41) is 9.38. The molecule has 126 valence electrons. The van der Waals surface area contributed by atoms with Gasteiger partial charge in [0.1, 0.15) is 23.7 Å². The van der Waals surface area contributed by atoms with Crippen molar-refractivity contribution in [2.75, 3.05) is 20.3 Å².